The second-order valence-electron chi connectivity index (χ2n) is 5.26. The van der Waals surface area contributed by atoms with Crippen molar-refractivity contribution in [1.82, 2.24) is 4.98 Å². The van der Waals surface area contributed by atoms with Gasteiger partial charge in [-0.2, -0.15) is 5.10 Å². The van der Waals surface area contributed by atoms with Crippen molar-refractivity contribution in [3.63, 3.8) is 0 Å². The molecule has 0 saturated carbocycles. The highest BCUT2D eigenvalue weighted by Crippen LogP contribution is 2.21. The number of halogens is 2. The fraction of sp³-hybridized carbons (Fsp3) is 0.111. The molecule has 128 valence electrons. The van der Waals surface area contributed by atoms with Gasteiger partial charge < -0.3 is 4.74 Å². The summed E-state index contributed by atoms with van der Waals surface area (Å²) >= 11 is 7.42. The highest BCUT2D eigenvalue weighted by molar-refractivity contribution is 7.13. The van der Waals surface area contributed by atoms with Crippen LogP contribution in [0.25, 0.3) is 0 Å². The summed E-state index contributed by atoms with van der Waals surface area (Å²) < 4.78 is 19.3. The number of thiazole rings is 1. The van der Waals surface area contributed by atoms with E-state index in [2.05, 4.69) is 15.5 Å². The molecule has 0 aliphatic carbocycles. The Morgan fingerprint density at radius 2 is 2.20 bits per heavy atom. The summed E-state index contributed by atoms with van der Waals surface area (Å²) in [7, 11) is 0. The number of hydrogen-bond donors (Lipinski definition) is 1. The third-order valence-electron chi connectivity index (χ3n) is 3.24. The van der Waals surface area contributed by atoms with Crippen LogP contribution in [0.3, 0.4) is 0 Å². The van der Waals surface area contributed by atoms with Crippen molar-refractivity contribution in [3.05, 3.63) is 75.5 Å². The van der Waals surface area contributed by atoms with E-state index in [9.17, 15) is 4.39 Å². The Balaban J connectivity index is 1.71. The summed E-state index contributed by atoms with van der Waals surface area (Å²) in [4.78, 5) is 4.25. The number of ether oxygens (including phenoxy) is 1. The molecular weight excluding hydrogens is 361 g/mol. The topological polar surface area (TPSA) is 46.5 Å². The fourth-order valence-electron chi connectivity index (χ4n) is 2.09. The lowest BCUT2D eigenvalue weighted by Gasteiger charge is -2.09. The molecule has 3 rings (SSSR count). The lowest BCUT2D eigenvalue weighted by molar-refractivity contribution is 0.304. The molecule has 1 N–H and O–H groups in total. The number of rotatable bonds is 6. The first kappa shape index (κ1) is 17.4. The molecule has 2 aromatic carbocycles. The molecule has 4 nitrogen and oxygen atoms in total. The lowest BCUT2D eigenvalue weighted by atomic mass is 10.2. The minimum absolute atomic E-state index is 0.282. The SMILES string of the molecule is Cc1csc(NN=Cc2ccc(F)cc2OCc2cccc(Cl)c2)n1. The van der Waals surface area contributed by atoms with Crippen LogP contribution in [0.15, 0.2) is 52.9 Å². The van der Waals surface area contributed by atoms with Gasteiger partial charge in [0, 0.05) is 22.0 Å². The zero-order chi connectivity index (χ0) is 17.6. The van der Waals surface area contributed by atoms with Gasteiger partial charge in [0.25, 0.3) is 0 Å². The number of nitrogens with one attached hydrogen (secondary N) is 1. The van der Waals surface area contributed by atoms with Crippen LogP contribution in [-0.2, 0) is 6.61 Å². The van der Waals surface area contributed by atoms with Gasteiger partial charge in [-0.25, -0.2) is 9.37 Å². The molecule has 3 aromatic rings. The van der Waals surface area contributed by atoms with E-state index in [-0.39, 0.29) is 12.4 Å². The number of nitrogens with zero attached hydrogens (tertiary/aromatic N) is 2. The normalized spacial score (nSPS) is 11.0. The van der Waals surface area contributed by atoms with Crippen molar-refractivity contribution in [2.75, 3.05) is 5.43 Å². The second kappa shape index (κ2) is 8.09. The number of anilines is 1. The average Bonchev–Trinajstić information content (AvgIpc) is 3.00. The van der Waals surface area contributed by atoms with Crippen LogP contribution in [0.4, 0.5) is 9.52 Å². The molecule has 0 aliphatic heterocycles. The molecule has 0 amide bonds. The van der Waals surface area contributed by atoms with E-state index < -0.39 is 0 Å². The summed E-state index contributed by atoms with van der Waals surface area (Å²) in [5.41, 5.74) is 5.33. The number of hydrogen-bond acceptors (Lipinski definition) is 5. The Morgan fingerprint density at radius 3 is 2.96 bits per heavy atom. The maximum absolute atomic E-state index is 13.6. The zero-order valence-electron chi connectivity index (χ0n) is 13.4. The van der Waals surface area contributed by atoms with Gasteiger partial charge in [-0.1, -0.05) is 23.7 Å². The first-order chi connectivity index (χ1) is 12.1. The second-order valence-corrected chi connectivity index (χ2v) is 6.56. The molecule has 0 fully saturated rings. The van der Waals surface area contributed by atoms with Crippen molar-refractivity contribution >= 4 is 34.3 Å². The highest BCUT2D eigenvalue weighted by atomic mass is 35.5. The molecule has 0 spiro atoms. The summed E-state index contributed by atoms with van der Waals surface area (Å²) in [6.07, 6.45) is 1.57. The number of aromatic nitrogens is 1. The number of hydrazone groups is 1. The third-order valence-corrected chi connectivity index (χ3v) is 4.34. The maximum atomic E-state index is 13.6. The first-order valence-corrected chi connectivity index (χ1v) is 8.74. The van der Waals surface area contributed by atoms with Crippen molar-refractivity contribution < 1.29 is 9.13 Å². The van der Waals surface area contributed by atoms with E-state index in [1.54, 1.807) is 24.4 Å². The highest BCUT2D eigenvalue weighted by Gasteiger charge is 2.05. The summed E-state index contributed by atoms with van der Waals surface area (Å²) in [5, 5.41) is 7.38. The predicted octanol–water partition coefficient (Wildman–Crippen LogP) is 5.27. The van der Waals surface area contributed by atoms with Gasteiger partial charge in [0.05, 0.1) is 11.9 Å². The molecular formula is C18H15ClFN3OS. The van der Waals surface area contributed by atoms with Gasteiger partial charge in [-0.05, 0) is 36.8 Å². The van der Waals surface area contributed by atoms with Crippen molar-refractivity contribution in [2.24, 2.45) is 5.10 Å². The fourth-order valence-corrected chi connectivity index (χ4v) is 2.94. The van der Waals surface area contributed by atoms with Crippen LogP contribution < -0.4 is 10.2 Å². The summed E-state index contributed by atoms with van der Waals surface area (Å²) in [6.45, 7) is 2.19. The standard InChI is InChI=1S/C18H15ClFN3OS/c1-12-11-25-18(22-12)23-21-9-14-5-6-16(20)8-17(14)24-10-13-3-2-4-15(19)7-13/h2-9,11H,10H2,1H3,(H,22,23). The Labute approximate surface area is 153 Å². The van der Waals surface area contributed by atoms with Gasteiger partial charge >= 0.3 is 0 Å². The molecule has 1 aromatic heterocycles. The predicted molar refractivity (Wildman–Crippen MR) is 100 cm³/mol. The molecule has 1 heterocycles. The van der Waals surface area contributed by atoms with Crippen LogP contribution in [0, 0.1) is 12.7 Å². The quantitative estimate of drug-likeness (QED) is 0.471. The first-order valence-electron chi connectivity index (χ1n) is 7.48. The Hall–Kier alpha value is -2.44. The number of benzene rings is 2. The Morgan fingerprint density at radius 1 is 1.32 bits per heavy atom. The van der Waals surface area contributed by atoms with E-state index in [1.807, 2.05) is 24.4 Å². The minimum atomic E-state index is -0.373. The van der Waals surface area contributed by atoms with E-state index in [0.717, 1.165) is 11.3 Å². The van der Waals surface area contributed by atoms with Gasteiger partial charge in [-0.15, -0.1) is 11.3 Å². The van der Waals surface area contributed by atoms with Gasteiger partial charge in [0.1, 0.15) is 18.2 Å². The summed E-state index contributed by atoms with van der Waals surface area (Å²) in [5.74, 6) is 0.0302. The van der Waals surface area contributed by atoms with Crippen molar-refractivity contribution in [1.29, 1.82) is 0 Å². The Bertz CT molecular complexity index is 898. The van der Waals surface area contributed by atoms with E-state index in [0.29, 0.717) is 21.5 Å². The van der Waals surface area contributed by atoms with Crippen molar-refractivity contribution in [2.45, 2.75) is 13.5 Å². The van der Waals surface area contributed by atoms with Crippen LogP contribution in [0.5, 0.6) is 5.75 Å². The molecule has 0 saturated heterocycles. The molecule has 25 heavy (non-hydrogen) atoms. The van der Waals surface area contributed by atoms with Gasteiger partial charge in [0.15, 0.2) is 0 Å². The van der Waals surface area contributed by atoms with Crippen LogP contribution in [-0.4, -0.2) is 11.2 Å². The third kappa shape index (κ3) is 5.01. The van der Waals surface area contributed by atoms with Gasteiger partial charge in [0.2, 0.25) is 5.13 Å². The average molecular weight is 376 g/mol. The largest absolute Gasteiger partial charge is 0.488 e. The molecule has 7 heteroatoms. The smallest absolute Gasteiger partial charge is 0.203 e. The maximum Gasteiger partial charge on any atom is 0.203 e. The Kier molecular flexibility index (Phi) is 5.63. The monoisotopic (exact) mass is 375 g/mol. The molecule has 0 radical (unpaired) electrons. The van der Waals surface area contributed by atoms with Crippen LogP contribution >= 0.6 is 22.9 Å². The van der Waals surface area contributed by atoms with E-state index in [1.165, 1.54) is 23.5 Å². The van der Waals surface area contributed by atoms with E-state index in [4.69, 9.17) is 16.3 Å². The van der Waals surface area contributed by atoms with E-state index >= 15 is 0 Å². The number of aryl methyl sites for hydroxylation is 1. The molecule has 0 aliphatic rings. The zero-order valence-corrected chi connectivity index (χ0v) is 14.9. The summed E-state index contributed by atoms with van der Waals surface area (Å²) in [6, 6.07) is 11.6. The minimum Gasteiger partial charge on any atom is -0.488 e. The van der Waals surface area contributed by atoms with Crippen LogP contribution in [0.1, 0.15) is 16.8 Å². The molecule has 0 atom stereocenters. The lowest BCUT2D eigenvalue weighted by Crippen LogP contribution is -2.00. The van der Waals surface area contributed by atoms with Crippen LogP contribution in [0.2, 0.25) is 5.02 Å². The molecule has 0 unspecified atom stereocenters. The van der Waals surface area contributed by atoms with Crippen molar-refractivity contribution in [3.8, 4) is 5.75 Å². The molecule has 0 bridgehead atoms. The van der Waals surface area contributed by atoms with Gasteiger partial charge in [-0.3, -0.25) is 5.43 Å².